The van der Waals surface area contributed by atoms with E-state index in [1.165, 1.54) is 5.01 Å². The SMILES string of the molecule is CC1=NN(c2ccccc2)C(=O)C1=Cc1cccc(Br)c1. The Morgan fingerprint density at radius 3 is 2.57 bits per heavy atom. The van der Waals surface area contributed by atoms with Crippen LogP contribution < -0.4 is 5.01 Å². The van der Waals surface area contributed by atoms with Crippen LogP contribution in [0.3, 0.4) is 0 Å². The van der Waals surface area contributed by atoms with Crippen molar-refractivity contribution in [3.8, 4) is 0 Å². The second-order valence-electron chi connectivity index (χ2n) is 4.75. The number of hydrogen-bond acceptors (Lipinski definition) is 2. The fourth-order valence-corrected chi connectivity index (χ4v) is 2.61. The normalized spacial score (nSPS) is 16.5. The Balaban J connectivity index is 1.96. The summed E-state index contributed by atoms with van der Waals surface area (Å²) in [6.45, 7) is 1.85. The highest BCUT2D eigenvalue weighted by atomic mass is 79.9. The molecule has 1 aliphatic rings. The number of rotatable bonds is 2. The first-order chi connectivity index (χ1) is 10.1. The molecule has 0 radical (unpaired) electrons. The van der Waals surface area contributed by atoms with E-state index in [2.05, 4.69) is 21.0 Å². The van der Waals surface area contributed by atoms with E-state index in [0.717, 1.165) is 21.4 Å². The Hall–Kier alpha value is -2.20. The van der Waals surface area contributed by atoms with Crippen LogP contribution in [-0.4, -0.2) is 11.6 Å². The summed E-state index contributed by atoms with van der Waals surface area (Å²) < 4.78 is 0.983. The third kappa shape index (κ3) is 2.81. The average Bonchev–Trinajstić information content (AvgIpc) is 2.76. The minimum atomic E-state index is -0.0984. The summed E-state index contributed by atoms with van der Waals surface area (Å²) in [4.78, 5) is 12.5. The van der Waals surface area contributed by atoms with Gasteiger partial charge in [0, 0.05) is 4.47 Å². The summed E-state index contributed by atoms with van der Waals surface area (Å²) in [6, 6.07) is 17.3. The van der Waals surface area contributed by atoms with Crippen LogP contribution >= 0.6 is 15.9 Å². The topological polar surface area (TPSA) is 32.7 Å². The van der Waals surface area contributed by atoms with Crippen molar-refractivity contribution in [3.63, 3.8) is 0 Å². The number of benzene rings is 2. The van der Waals surface area contributed by atoms with Gasteiger partial charge in [-0.25, -0.2) is 0 Å². The molecule has 104 valence electrons. The zero-order valence-electron chi connectivity index (χ0n) is 11.5. The predicted octanol–water partition coefficient (Wildman–Crippen LogP) is 4.26. The molecule has 0 spiro atoms. The van der Waals surface area contributed by atoms with Crippen LogP contribution in [0.15, 0.2) is 69.7 Å². The molecule has 0 unspecified atom stereocenters. The van der Waals surface area contributed by atoms with Gasteiger partial charge in [0.1, 0.15) is 0 Å². The van der Waals surface area contributed by atoms with E-state index in [-0.39, 0.29) is 5.91 Å². The lowest BCUT2D eigenvalue weighted by molar-refractivity contribution is -0.114. The quantitative estimate of drug-likeness (QED) is 0.752. The number of para-hydroxylation sites is 1. The largest absolute Gasteiger partial charge is 0.280 e. The van der Waals surface area contributed by atoms with E-state index in [9.17, 15) is 4.79 Å². The average molecular weight is 341 g/mol. The molecule has 21 heavy (non-hydrogen) atoms. The van der Waals surface area contributed by atoms with Gasteiger partial charge in [0.15, 0.2) is 0 Å². The minimum absolute atomic E-state index is 0.0984. The monoisotopic (exact) mass is 340 g/mol. The van der Waals surface area contributed by atoms with Crippen LogP contribution in [0.4, 0.5) is 5.69 Å². The first kappa shape index (κ1) is 13.8. The van der Waals surface area contributed by atoms with Gasteiger partial charge in [0.05, 0.1) is 17.0 Å². The molecule has 3 rings (SSSR count). The number of carbonyl (C=O) groups is 1. The van der Waals surface area contributed by atoms with Crippen molar-refractivity contribution >= 4 is 39.3 Å². The van der Waals surface area contributed by atoms with E-state index in [1.807, 2.05) is 67.6 Å². The maximum Gasteiger partial charge on any atom is 0.280 e. The Morgan fingerprint density at radius 1 is 1.10 bits per heavy atom. The highest BCUT2D eigenvalue weighted by Gasteiger charge is 2.28. The van der Waals surface area contributed by atoms with Crippen molar-refractivity contribution in [1.29, 1.82) is 0 Å². The Labute approximate surface area is 131 Å². The number of hydrazone groups is 1. The minimum Gasteiger partial charge on any atom is -0.267 e. The number of amides is 1. The lowest BCUT2D eigenvalue weighted by Gasteiger charge is -2.11. The van der Waals surface area contributed by atoms with Gasteiger partial charge in [-0.05, 0) is 42.8 Å². The molecule has 3 nitrogen and oxygen atoms in total. The van der Waals surface area contributed by atoms with Crippen LogP contribution in [0.1, 0.15) is 12.5 Å². The molecular weight excluding hydrogens is 328 g/mol. The standard InChI is InChI=1S/C17H13BrN2O/c1-12-16(11-13-6-5-7-14(18)10-13)17(21)20(19-12)15-8-3-2-4-9-15/h2-11H,1H3. The second kappa shape index (κ2) is 5.66. The molecular formula is C17H13BrN2O. The summed E-state index contributed by atoms with van der Waals surface area (Å²) in [5, 5.41) is 5.80. The van der Waals surface area contributed by atoms with E-state index >= 15 is 0 Å². The molecule has 0 aliphatic carbocycles. The summed E-state index contributed by atoms with van der Waals surface area (Å²) in [7, 11) is 0. The van der Waals surface area contributed by atoms with Gasteiger partial charge in [0.2, 0.25) is 0 Å². The predicted molar refractivity (Wildman–Crippen MR) is 89.2 cm³/mol. The zero-order chi connectivity index (χ0) is 14.8. The molecule has 0 bridgehead atoms. The highest BCUT2D eigenvalue weighted by molar-refractivity contribution is 9.10. The molecule has 1 heterocycles. The number of halogens is 1. The third-order valence-electron chi connectivity index (χ3n) is 3.22. The van der Waals surface area contributed by atoms with Crippen LogP contribution in [-0.2, 0) is 4.79 Å². The van der Waals surface area contributed by atoms with Crippen molar-refractivity contribution in [2.45, 2.75) is 6.92 Å². The van der Waals surface area contributed by atoms with Crippen LogP contribution in [0.2, 0.25) is 0 Å². The van der Waals surface area contributed by atoms with E-state index < -0.39 is 0 Å². The van der Waals surface area contributed by atoms with Crippen LogP contribution in [0.5, 0.6) is 0 Å². The van der Waals surface area contributed by atoms with Gasteiger partial charge in [-0.3, -0.25) is 4.79 Å². The molecule has 1 amide bonds. The van der Waals surface area contributed by atoms with Crippen molar-refractivity contribution in [2.24, 2.45) is 5.10 Å². The summed E-state index contributed by atoms with van der Waals surface area (Å²) >= 11 is 3.44. The fourth-order valence-electron chi connectivity index (χ4n) is 2.19. The fraction of sp³-hybridized carbons (Fsp3) is 0.0588. The third-order valence-corrected chi connectivity index (χ3v) is 3.72. The molecule has 0 aromatic heterocycles. The molecule has 0 fully saturated rings. The lowest BCUT2D eigenvalue weighted by Crippen LogP contribution is -2.21. The van der Waals surface area contributed by atoms with Gasteiger partial charge in [-0.15, -0.1) is 0 Å². The van der Waals surface area contributed by atoms with E-state index in [0.29, 0.717) is 5.57 Å². The lowest BCUT2D eigenvalue weighted by atomic mass is 10.1. The molecule has 2 aromatic carbocycles. The smallest absolute Gasteiger partial charge is 0.267 e. The number of anilines is 1. The maximum atomic E-state index is 12.5. The van der Waals surface area contributed by atoms with Gasteiger partial charge in [-0.1, -0.05) is 46.3 Å². The zero-order valence-corrected chi connectivity index (χ0v) is 13.0. The molecule has 0 saturated carbocycles. The first-order valence-electron chi connectivity index (χ1n) is 6.57. The van der Waals surface area contributed by atoms with Gasteiger partial charge < -0.3 is 0 Å². The first-order valence-corrected chi connectivity index (χ1v) is 7.37. The van der Waals surface area contributed by atoms with Crippen molar-refractivity contribution in [1.82, 2.24) is 0 Å². The maximum absolute atomic E-state index is 12.5. The van der Waals surface area contributed by atoms with Crippen molar-refractivity contribution < 1.29 is 4.79 Å². The van der Waals surface area contributed by atoms with Gasteiger partial charge in [-0.2, -0.15) is 10.1 Å². The van der Waals surface area contributed by atoms with E-state index in [4.69, 9.17) is 0 Å². The molecule has 4 heteroatoms. The van der Waals surface area contributed by atoms with Crippen LogP contribution in [0.25, 0.3) is 6.08 Å². The van der Waals surface area contributed by atoms with Gasteiger partial charge >= 0.3 is 0 Å². The Morgan fingerprint density at radius 2 is 1.86 bits per heavy atom. The number of nitrogens with zero attached hydrogens (tertiary/aromatic N) is 2. The summed E-state index contributed by atoms with van der Waals surface area (Å²) in [5.41, 5.74) is 3.09. The van der Waals surface area contributed by atoms with Crippen molar-refractivity contribution in [3.05, 3.63) is 70.2 Å². The molecule has 1 aliphatic heterocycles. The second-order valence-corrected chi connectivity index (χ2v) is 5.67. The molecule has 2 aromatic rings. The van der Waals surface area contributed by atoms with Crippen LogP contribution in [0, 0.1) is 0 Å². The summed E-state index contributed by atoms with van der Waals surface area (Å²) in [5.74, 6) is -0.0984. The number of carbonyl (C=O) groups excluding carboxylic acids is 1. The highest BCUT2D eigenvalue weighted by Crippen LogP contribution is 2.25. The Kier molecular flexibility index (Phi) is 3.71. The van der Waals surface area contributed by atoms with Gasteiger partial charge in [0.25, 0.3) is 5.91 Å². The van der Waals surface area contributed by atoms with E-state index in [1.54, 1.807) is 0 Å². The Bertz CT molecular complexity index is 750. The molecule has 0 saturated heterocycles. The van der Waals surface area contributed by atoms with Crippen molar-refractivity contribution in [2.75, 3.05) is 5.01 Å². The summed E-state index contributed by atoms with van der Waals surface area (Å²) in [6.07, 6.45) is 1.87. The molecule has 0 N–H and O–H groups in total. The molecule has 0 atom stereocenters. The number of hydrogen-bond donors (Lipinski definition) is 0.